The lowest BCUT2D eigenvalue weighted by atomic mass is 10.3. The van der Waals surface area contributed by atoms with Crippen molar-refractivity contribution in [3.05, 3.63) is 60.2 Å². The van der Waals surface area contributed by atoms with Gasteiger partial charge in [0.25, 0.3) is 0 Å². The van der Waals surface area contributed by atoms with E-state index < -0.39 is 0 Å². The summed E-state index contributed by atoms with van der Waals surface area (Å²) in [6.45, 7) is 0. The zero-order valence-corrected chi connectivity index (χ0v) is 12.2. The summed E-state index contributed by atoms with van der Waals surface area (Å²) in [5, 5.41) is 8.00. The van der Waals surface area contributed by atoms with E-state index >= 15 is 0 Å². The van der Waals surface area contributed by atoms with Gasteiger partial charge in [-0.3, -0.25) is 5.32 Å². The van der Waals surface area contributed by atoms with Crippen LogP contribution in [0.2, 0.25) is 0 Å². The lowest BCUT2D eigenvalue weighted by molar-refractivity contribution is 0.262. The third kappa shape index (κ3) is 3.80. The highest BCUT2D eigenvalue weighted by Gasteiger charge is 2.05. The minimum Gasteiger partial charge on any atom is -0.424 e. The molecule has 110 valence electrons. The zero-order chi connectivity index (χ0) is 15.2. The summed E-state index contributed by atoms with van der Waals surface area (Å²) in [5.74, 6) is 0.652. The number of hydrogen-bond acceptors (Lipinski definition) is 5. The number of ether oxygens (including phenoxy) is 1. The molecule has 0 radical (unpaired) electrons. The SMILES string of the molecule is O=C(Nc1cnc(Oc2ccccc2)nc1)Nc1cccs1. The zero-order valence-electron chi connectivity index (χ0n) is 11.4. The maximum atomic E-state index is 11.8. The van der Waals surface area contributed by atoms with Crippen molar-refractivity contribution in [1.82, 2.24) is 9.97 Å². The number of anilines is 2. The maximum Gasteiger partial charge on any atom is 0.324 e. The molecule has 2 aromatic heterocycles. The second kappa shape index (κ2) is 6.68. The highest BCUT2D eigenvalue weighted by Crippen LogP contribution is 2.18. The third-order valence-electron chi connectivity index (χ3n) is 2.60. The number of rotatable bonds is 4. The summed E-state index contributed by atoms with van der Waals surface area (Å²) < 4.78 is 5.47. The summed E-state index contributed by atoms with van der Waals surface area (Å²) in [6, 6.07) is 12.8. The molecule has 1 aromatic carbocycles. The molecule has 0 aliphatic heterocycles. The smallest absolute Gasteiger partial charge is 0.324 e. The molecule has 7 heteroatoms. The predicted molar refractivity (Wildman–Crippen MR) is 85.5 cm³/mol. The topological polar surface area (TPSA) is 76.1 Å². The van der Waals surface area contributed by atoms with Crippen molar-refractivity contribution in [3.8, 4) is 11.8 Å². The van der Waals surface area contributed by atoms with E-state index in [2.05, 4.69) is 20.6 Å². The van der Waals surface area contributed by atoms with E-state index in [9.17, 15) is 4.79 Å². The van der Waals surface area contributed by atoms with Crippen LogP contribution in [0.15, 0.2) is 60.2 Å². The number of amides is 2. The van der Waals surface area contributed by atoms with E-state index in [1.807, 2.05) is 47.8 Å². The fourth-order valence-corrected chi connectivity index (χ4v) is 2.26. The average molecular weight is 312 g/mol. The Bertz CT molecular complexity index is 730. The first-order valence-corrected chi connectivity index (χ1v) is 7.34. The van der Waals surface area contributed by atoms with Crippen LogP contribution in [0.25, 0.3) is 0 Å². The molecular formula is C15H12N4O2S. The molecule has 3 aromatic rings. The number of urea groups is 1. The van der Waals surface area contributed by atoms with Gasteiger partial charge >= 0.3 is 12.0 Å². The van der Waals surface area contributed by atoms with Crippen LogP contribution < -0.4 is 15.4 Å². The molecule has 0 spiro atoms. The number of carbonyl (C=O) groups is 1. The van der Waals surface area contributed by atoms with Gasteiger partial charge in [-0.25, -0.2) is 14.8 Å². The van der Waals surface area contributed by atoms with Gasteiger partial charge in [0.05, 0.1) is 23.1 Å². The lowest BCUT2D eigenvalue weighted by Crippen LogP contribution is -2.18. The summed E-state index contributed by atoms with van der Waals surface area (Å²) in [6.07, 6.45) is 2.97. The lowest BCUT2D eigenvalue weighted by Gasteiger charge is -2.06. The summed E-state index contributed by atoms with van der Waals surface area (Å²) in [5.41, 5.74) is 0.481. The minimum atomic E-state index is -0.345. The van der Waals surface area contributed by atoms with Crippen LogP contribution in [0.1, 0.15) is 0 Å². The minimum absolute atomic E-state index is 0.218. The van der Waals surface area contributed by atoms with Crippen LogP contribution in [0.5, 0.6) is 11.8 Å². The van der Waals surface area contributed by atoms with Crippen LogP contribution >= 0.6 is 11.3 Å². The molecule has 0 saturated heterocycles. The average Bonchev–Trinajstić information content (AvgIpc) is 3.03. The first kappa shape index (κ1) is 14.0. The van der Waals surface area contributed by atoms with Crippen molar-refractivity contribution >= 4 is 28.1 Å². The Morgan fingerprint density at radius 1 is 1.00 bits per heavy atom. The second-order valence-corrected chi connectivity index (χ2v) is 5.17. The van der Waals surface area contributed by atoms with Gasteiger partial charge in [-0.1, -0.05) is 18.2 Å². The van der Waals surface area contributed by atoms with Crippen molar-refractivity contribution < 1.29 is 9.53 Å². The van der Waals surface area contributed by atoms with E-state index in [1.165, 1.54) is 23.7 Å². The number of thiophene rings is 1. The van der Waals surface area contributed by atoms with Gasteiger partial charge in [0.2, 0.25) is 0 Å². The Balaban J connectivity index is 1.58. The molecular weight excluding hydrogens is 300 g/mol. The number of carbonyl (C=O) groups excluding carboxylic acids is 1. The van der Waals surface area contributed by atoms with E-state index in [0.29, 0.717) is 11.4 Å². The number of nitrogens with one attached hydrogen (secondary N) is 2. The first-order chi connectivity index (χ1) is 10.8. The highest BCUT2D eigenvalue weighted by atomic mass is 32.1. The van der Waals surface area contributed by atoms with Crippen LogP contribution in [0.4, 0.5) is 15.5 Å². The second-order valence-electron chi connectivity index (χ2n) is 4.23. The third-order valence-corrected chi connectivity index (χ3v) is 3.38. The number of aromatic nitrogens is 2. The van der Waals surface area contributed by atoms with E-state index in [0.717, 1.165) is 5.00 Å². The van der Waals surface area contributed by atoms with Gasteiger partial charge in [0.1, 0.15) is 5.75 Å². The number of hydrogen-bond donors (Lipinski definition) is 2. The summed E-state index contributed by atoms with van der Waals surface area (Å²) in [7, 11) is 0. The maximum absolute atomic E-state index is 11.8. The fraction of sp³-hybridized carbons (Fsp3) is 0. The van der Waals surface area contributed by atoms with E-state index in [4.69, 9.17) is 4.74 Å². The first-order valence-electron chi connectivity index (χ1n) is 6.46. The van der Waals surface area contributed by atoms with Gasteiger partial charge in [-0.05, 0) is 29.6 Å². The molecule has 2 amide bonds. The van der Waals surface area contributed by atoms with Gasteiger partial charge in [-0.2, -0.15) is 0 Å². The van der Waals surface area contributed by atoms with Crippen molar-refractivity contribution in [2.45, 2.75) is 0 Å². The molecule has 0 saturated carbocycles. The molecule has 0 aliphatic carbocycles. The molecule has 0 aliphatic rings. The van der Waals surface area contributed by atoms with Crippen molar-refractivity contribution in [2.75, 3.05) is 10.6 Å². The summed E-state index contributed by atoms with van der Waals surface area (Å²) >= 11 is 1.44. The molecule has 0 unspecified atom stereocenters. The largest absolute Gasteiger partial charge is 0.424 e. The quantitative estimate of drug-likeness (QED) is 0.764. The normalized spacial score (nSPS) is 10.0. The van der Waals surface area contributed by atoms with Gasteiger partial charge in [0.15, 0.2) is 0 Å². The monoisotopic (exact) mass is 312 g/mol. The van der Waals surface area contributed by atoms with Gasteiger partial charge in [0, 0.05) is 0 Å². The Hall–Kier alpha value is -2.93. The molecule has 2 heterocycles. The van der Waals surface area contributed by atoms with Crippen LogP contribution in [0.3, 0.4) is 0 Å². The van der Waals surface area contributed by atoms with Crippen molar-refractivity contribution in [1.29, 1.82) is 0 Å². The number of para-hydroxylation sites is 1. The molecule has 0 fully saturated rings. The Kier molecular flexibility index (Phi) is 4.26. The predicted octanol–water partition coefficient (Wildman–Crippen LogP) is 3.97. The van der Waals surface area contributed by atoms with Gasteiger partial charge < -0.3 is 10.1 Å². The fourth-order valence-electron chi connectivity index (χ4n) is 1.65. The van der Waals surface area contributed by atoms with Crippen LogP contribution in [-0.2, 0) is 0 Å². The molecule has 0 bridgehead atoms. The number of benzene rings is 1. The van der Waals surface area contributed by atoms with Crippen LogP contribution in [-0.4, -0.2) is 16.0 Å². The Morgan fingerprint density at radius 2 is 1.77 bits per heavy atom. The standard InChI is InChI=1S/C15H12N4O2S/c20-14(19-13-7-4-8-22-13)18-11-9-16-15(17-10-11)21-12-5-2-1-3-6-12/h1-10H,(H2,18,19,20). The molecule has 0 atom stereocenters. The van der Waals surface area contributed by atoms with Crippen molar-refractivity contribution in [3.63, 3.8) is 0 Å². The van der Waals surface area contributed by atoms with E-state index in [1.54, 1.807) is 0 Å². The molecule has 22 heavy (non-hydrogen) atoms. The van der Waals surface area contributed by atoms with Gasteiger partial charge in [-0.15, -0.1) is 11.3 Å². The molecule has 3 rings (SSSR count). The Morgan fingerprint density at radius 3 is 2.45 bits per heavy atom. The summed E-state index contributed by atoms with van der Waals surface area (Å²) in [4.78, 5) is 19.9. The van der Waals surface area contributed by atoms with E-state index in [-0.39, 0.29) is 12.0 Å². The molecule has 6 nitrogen and oxygen atoms in total. The molecule has 2 N–H and O–H groups in total. The Labute approximate surface area is 130 Å². The van der Waals surface area contributed by atoms with Crippen LogP contribution in [0, 0.1) is 0 Å². The highest BCUT2D eigenvalue weighted by molar-refractivity contribution is 7.14. The number of nitrogens with zero attached hydrogens (tertiary/aromatic N) is 2. The van der Waals surface area contributed by atoms with Crippen molar-refractivity contribution in [2.24, 2.45) is 0 Å².